The third-order valence-electron chi connectivity index (χ3n) is 11.7. The van der Waals surface area contributed by atoms with Crippen LogP contribution in [0.25, 0.3) is 49.3 Å². The van der Waals surface area contributed by atoms with Gasteiger partial charge in [-0.2, -0.15) is 0 Å². The smallest absolute Gasteiger partial charge is 0.411 e. The van der Waals surface area contributed by atoms with Crippen molar-refractivity contribution in [3.63, 3.8) is 0 Å². The van der Waals surface area contributed by atoms with Gasteiger partial charge < -0.3 is 34.5 Å². The van der Waals surface area contributed by atoms with Crippen LogP contribution >= 0.6 is 0 Å². The van der Waals surface area contributed by atoms with Crippen molar-refractivity contribution in [3.05, 3.63) is 96.1 Å². The summed E-state index contributed by atoms with van der Waals surface area (Å²) in [4.78, 5) is 62.6. The van der Waals surface area contributed by atoms with Crippen LogP contribution in [0.4, 0.5) is 9.59 Å². The Bertz CT molecular complexity index is 2400. The second-order valence-corrected chi connectivity index (χ2v) is 17.4. The molecule has 13 nitrogen and oxygen atoms in total. The minimum atomic E-state index is -0.686. The first-order valence-corrected chi connectivity index (χ1v) is 20.0. The summed E-state index contributed by atoms with van der Waals surface area (Å²) in [6.07, 6.45) is 6.09. The minimum absolute atomic E-state index is 0.104. The third-order valence-corrected chi connectivity index (χ3v) is 11.7. The fraction of sp³-hybridized carbons (Fsp3) is 0.422. The lowest BCUT2D eigenvalue weighted by atomic mass is 9.98. The third kappa shape index (κ3) is 7.75. The molecule has 8 rings (SSSR count). The standard InChI is InChI=1S/C45H50N8O5/c1-26(2)38(51-42(55)57-7)41(54)53-25-45(16-17-45)21-37(53)40-48-23-35(50-40)32-15-14-30-18-29(12-13-31(30)19-32)27-8-10-28(11-9-27)34-22-47-39(49-34)36-20-33(46-6)24-52(36)43(56)58-44(3,4)5/h8-15,18-19,22-23,26,33,36-38H,16-17,20-21,24-25H2,1-5,7H3,(H,47,49)(H,48,50)(H,51,55)/t33?,36-,37-,38-/m0/s1. The lowest BCUT2D eigenvalue weighted by Crippen LogP contribution is -2.51. The van der Waals surface area contributed by atoms with E-state index in [9.17, 15) is 14.4 Å². The number of carbonyl (C=O) groups is 3. The van der Waals surface area contributed by atoms with Gasteiger partial charge in [-0.1, -0.05) is 62.4 Å². The van der Waals surface area contributed by atoms with E-state index in [0.717, 1.165) is 69.5 Å². The van der Waals surface area contributed by atoms with Crippen LogP contribution in [0.5, 0.6) is 0 Å². The van der Waals surface area contributed by atoms with Gasteiger partial charge in [0.2, 0.25) is 11.9 Å². The SMILES string of the molecule is [C-]#[N+]C1C[C@@H](c2ncc(-c3ccc(-c4ccc5cc(-c6cnc([C@@H]7CC8(CC8)CN7C(=O)[C@@H](NC(=O)OC)C(C)C)[nH]6)ccc5c4)cc3)[nH]2)N(C(=O)OC(C)(C)C)C1. The van der Waals surface area contributed by atoms with Gasteiger partial charge in [-0.3, -0.25) is 9.69 Å². The monoisotopic (exact) mass is 782 g/mol. The predicted molar refractivity (Wildman–Crippen MR) is 220 cm³/mol. The fourth-order valence-electron chi connectivity index (χ4n) is 8.38. The molecule has 1 unspecified atom stereocenters. The lowest BCUT2D eigenvalue weighted by molar-refractivity contribution is -0.135. The molecular weight excluding hydrogens is 733 g/mol. The second kappa shape index (κ2) is 15.0. The van der Waals surface area contributed by atoms with Crippen molar-refractivity contribution in [2.45, 2.75) is 90.1 Å². The molecule has 1 aliphatic carbocycles. The molecule has 0 bridgehead atoms. The lowest BCUT2D eigenvalue weighted by Gasteiger charge is -2.30. The van der Waals surface area contributed by atoms with Crippen molar-refractivity contribution in [1.29, 1.82) is 0 Å². The van der Waals surface area contributed by atoms with Crippen molar-refractivity contribution in [3.8, 4) is 33.6 Å². The second-order valence-electron chi connectivity index (χ2n) is 17.4. The average molecular weight is 783 g/mol. The zero-order chi connectivity index (χ0) is 40.9. The Morgan fingerprint density at radius 1 is 0.862 bits per heavy atom. The number of alkyl carbamates (subject to hydrolysis) is 1. The molecule has 4 atom stereocenters. The first kappa shape index (κ1) is 38.7. The quantitative estimate of drug-likeness (QED) is 0.133. The van der Waals surface area contributed by atoms with Crippen molar-refractivity contribution < 1.29 is 23.9 Å². The molecule has 0 radical (unpaired) electrons. The maximum Gasteiger partial charge on any atom is 0.411 e. The molecule has 5 aromatic rings. The molecule has 300 valence electrons. The Morgan fingerprint density at radius 2 is 1.45 bits per heavy atom. The molecule has 1 spiro atoms. The van der Waals surface area contributed by atoms with Gasteiger partial charge >= 0.3 is 12.2 Å². The molecule has 13 heteroatoms. The van der Waals surface area contributed by atoms with Crippen LogP contribution in [0.15, 0.2) is 73.1 Å². The highest BCUT2D eigenvalue weighted by Crippen LogP contribution is 2.58. The Balaban J connectivity index is 0.966. The number of nitrogens with zero attached hydrogens (tertiary/aromatic N) is 5. The number of benzene rings is 3. The molecule has 1 saturated carbocycles. The van der Waals surface area contributed by atoms with Crippen molar-refractivity contribution in [2.24, 2.45) is 11.3 Å². The van der Waals surface area contributed by atoms with Gasteiger partial charge in [0.15, 0.2) is 0 Å². The van der Waals surface area contributed by atoms with E-state index in [1.165, 1.54) is 7.11 Å². The topological polar surface area (TPSA) is 150 Å². The molecule has 4 heterocycles. The van der Waals surface area contributed by atoms with Crippen LogP contribution in [0.3, 0.4) is 0 Å². The molecule has 3 aliphatic rings. The van der Waals surface area contributed by atoms with Crippen LogP contribution in [0, 0.1) is 17.9 Å². The highest BCUT2D eigenvalue weighted by molar-refractivity contribution is 5.91. The number of amides is 3. The Kier molecular flexibility index (Phi) is 9.99. The van der Waals surface area contributed by atoms with Gasteiger partial charge in [0.25, 0.3) is 0 Å². The van der Waals surface area contributed by atoms with Gasteiger partial charge in [0.05, 0.1) is 43.4 Å². The van der Waals surface area contributed by atoms with Gasteiger partial charge in [-0.05, 0) is 91.0 Å². The highest BCUT2D eigenvalue weighted by atomic mass is 16.6. The number of methoxy groups -OCH3 is 1. The average Bonchev–Trinajstić information content (AvgIpc) is 3.71. The Labute approximate surface area is 338 Å². The van der Waals surface area contributed by atoms with Crippen LogP contribution < -0.4 is 5.32 Å². The van der Waals surface area contributed by atoms with Crippen molar-refractivity contribution >= 4 is 28.9 Å². The van der Waals surface area contributed by atoms with Crippen molar-refractivity contribution in [2.75, 3.05) is 20.2 Å². The predicted octanol–water partition coefficient (Wildman–Crippen LogP) is 8.69. The number of imidazole rings is 2. The summed E-state index contributed by atoms with van der Waals surface area (Å²) in [5.74, 6) is 1.19. The largest absolute Gasteiger partial charge is 0.453 e. The fourth-order valence-corrected chi connectivity index (χ4v) is 8.38. The van der Waals surface area contributed by atoms with E-state index in [1.54, 1.807) is 11.1 Å². The summed E-state index contributed by atoms with van der Waals surface area (Å²) in [5.41, 5.74) is 5.33. The maximum absolute atomic E-state index is 13.9. The molecule has 3 N–H and O–H groups in total. The Morgan fingerprint density at radius 3 is 2.05 bits per heavy atom. The van der Waals surface area contributed by atoms with E-state index in [4.69, 9.17) is 21.0 Å². The molecule has 3 amide bonds. The van der Waals surface area contributed by atoms with E-state index in [0.29, 0.717) is 25.3 Å². The molecule has 3 fully saturated rings. The zero-order valence-electron chi connectivity index (χ0n) is 33.8. The normalized spacial score (nSPS) is 20.3. The summed E-state index contributed by atoms with van der Waals surface area (Å²) in [7, 11) is 1.30. The van der Waals surface area contributed by atoms with Crippen LogP contribution in [0.1, 0.15) is 84.0 Å². The van der Waals surface area contributed by atoms with E-state index >= 15 is 0 Å². The summed E-state index contributed by atoms with van der Waals surface area (Å²) in [5, 5.41) is 4.95. The van der Waals surface area contributed by atoms with Gasteiger partial charge in [-0.15, -0.1) is 0 Å². The first-order chi connectivity index (χ1) is 27.7. The highest BCUT2D eigenvalue weighted by Gasteiger charge is 2.55. The van der Waals surface area contributed by atoms with Gasteiger partial charge in [0, 0.05) is 12.1 Å². The number of carbonyl (C=O) groups excluding carboxylic acids is 3. The van der Waals surface area contributed by atoms with Gasteiger partial charge in [0.1, 0.15) is 35.9 Å². The number of likely N-dealkylation sites (tertiary alicyclic amines) is 2. The first-order valence-electron chi connectivity index (χ1n) is 20.0. The zero-order valence-corrected chi connectivity index (χ0v) is 33.8. The van der Waals surface area contributed by atoms with E-state index < -0.39 is 23.8 Å². The summed E-state index contributed by atoms with van der Waals surface area (Å²) in [6, 6.07) is 19.5. The minimum Gasteiger partial charge on any atom is -0.453 e. The molecule has 2 saturated heterocycles. The maximum atomic E-state index is 13.9. The number of fused-ring (bicyclic) bond motifs is 1. The van der Waals surface area contributed by atoms with Crippen molar-refractivity contribution in [1.82, 2.24) is 35.1 Å². The molecule has 2 aliphatic heterocycles. The summed E-state index contributed by atoms with van der Waals surface area (Å²) < 4.78 is 10.5. The molecular formula is C45H50N8O5. The number of rotatable bonds is 8. The number of aromatic nitrogens is 4. The molecule has 2 aromatic heterocycles. The van der Waals surface area contributed by atoms with Crippen LogP contribution in [0.2, 0.25) is 0 Å². The van der Waals surface area contributed by atoms with E-state index in [-0.39, 0.29) is 35.4 Å². The van der Waals surface area contributed by atoms with E-state index in [1.807, 2.05) is 45.7 Å². The van der Waals surface area contributed by atoms with Crippen LogP contribution in [-0.4, -0.2) is 85.7 Å². The van der Waals surface area contributed by atoms with E-state index in [2.05, 4.69) is 85.8 Å². The number of hydrogen-bond acceptors (Lipinski definition) is 7. The molecule has 58 heavy (non-hydrogen) atoms. The number of aromatic amines is 2. The summed E-state index contributed by atoms with van der Waals surface area (Å²) in [6.45, 7) is 17.9. The number of H-pyrrole nitrogens is 2. The number of nitrogens with one attached hydrogen (secondary N) is 3. The molecule has 3 aromatic carbocycles. The van der Waals surface area contributed by atoms with Gasteiger partial charge in [-0.25, -0.2) is 26.1 Å². The number of hydrogen-bond donors (Lipinski definition) is 3. The number of ether oxygens (including phenoxy) is 2. The summed E-state index contributed by atoms with van der Waals surface area (Å²) >= 11 is 0. The van der Waals surface area contributed by atoms with Crippen LogP contribution in [-0.2, 0) is 14.3 Å². The Hall–Kier alpha value is -6.16.